The summed E-state index contributed by atoms with van der Waals surface area (Å²) in [4.78, 5) is 26.7. The third kappa shape index (κ3) is 3.99. The Labute approximate surface area is 178 Å². The molecule has 0 saturated carbocycles. The first-order valence-electron chi connectivity index (χ1n) is 9.76. The van der Waals surface area contributed by atoms with Gasteiger partial charge in [0.05, 0.1) is 36.5 Å². The summed E-state index contributed by atoms with van der Waals surface area (Å²) < 4.78 is 15.0. The Balaban J connectivity index is 1.67. The molecule has 0 spiro atoms. The lowest BCUT2D eigenvalue weighted by atomic mass is 9.97. The lowest BCUT2D eigenvalue weighted by molar-refractivity contribution is -0.113. The van der Waals surface area contributed by atoms with Crippen LogP contribution in [0, 0.1) is 12.7 Å². The van der Waals surface area contributed by atoms with E-state index in [4.69, 9.17) is 0 Å². The van der Waals surface area contributed by atoms with Crippen molar-refractivity contribution < 1.29 is 19.1 Å². The Morgan fingerprint density at radius 2 is 2.03 bits per heavy atom. The van der Waals surface area contributed by atoms with E-state index in [1.54, 1.807) is 17.9 Å². The molecule has 31 heavy (non-hydrogen) atoms. The van der Waals surface area contributed by atoms with Crippen LogP contribution in [0.15, 0.2) is 54.4 Å². The molecule has 0 radical (unpaired) electrons. The number of hydrogen-bond acceptors (Lipinski definition) is 4. The maximum atomic E-state index is 13.4. The maximum absolute atomic E-state index is 13.4. The summed E-state index contributed by atoms with van der Waals surface area (Å²) in [6.07, 6.45) is 3.19. The smallest absolute Gasteiger partial charge is 0.321 e. The summed E-state index contributed by atoms with van der Waals surface area (Å²) in [6, 6.07) is 8.29. The summed E-state index contributed by atoms with van der Waals surface area (Å²) in [5, 5.41) is 20.1. The molecule has 160 valence electrons. The van der Waals surface area contributed by atoms with E-state index in [0.717, 1.165) is 16.5 Å². The zero-order chi connectivity index (χ0) is 22.1. The highest BCUT2D eigenvalue weighted by molar-refractivity contribution is 6.07. The van der Waals surface area contributed by atoms with Crippen LogP contribution in [0.25, 0.3) is 10.9 Å². The van der Waals surface area contributed by atoms with Crippen LogP contribution >= 0.6 is 0 Å². The summed E-state index contributed by atoms with van der Waals surface area (Å²) in [5.41, 5.74) is 3.13. The number of aromatic nitrogens is 2. The maximum Gasteiger partial charge on any atom is 0.321 e. The highest BCUT2D eigenvalue weighted by Crippen LogP contribution is 2.29. The number of carbonyl (C=O) groups is 2. The number of urea groups is 1. The molecule has 1 aromatic heterocycles. The lowest BCUT2D eigenvalue weighted by Crippen LogP contribution is -2.44. The van der Waals surface area contributed by atoms with E-state index in [0.29, 0.717) is 23.4 Å². The van der Waals surface area contributed by atoms with Crippen LogP contribution in [0.2, 0.25) is 0 Å². The molecule has 3 N–H and O–H groups in total. The van der Waals surface area contributed by atoms with Gasteiger partial charge in [-0.3, -0.25) is 9.48 Å². The monoisotopic (exact) mass is 423 g/mol. The number of carbonyl (C=O) groups excluding carboxylic acids is 2. The van der Waals surface area contributed by atoms with Gasteiger partial charge in [0.25, 0.3) is 5.91 Å². The number of aryl methyl sites for hydroxylation is 1. The minimum absolute atomic E-state index is 0.0510. The van der Waals surface area contributed by atoms with Crippen LogP contribution in [0.1, 0.15) is 17.2 Å². The van der Waals surface area contributed by atoms with Crippen LogP contribution in [0.3, 0.4) is 0 Å². The molecule has 8 nitrogen and oxygen atoms in total. The molecule has 2 heterocycles. The molecule has 1 atom stereocenters. The van der Waals surface area contributed by atoms with Crippen LogP contribution < -0.4 is 10.6 Å². The van der Waals surface area contributed by atoms with Gasteiger partial charge in [0.1, 0.15) is 5.82 Å². The molecule has 3 amide bonds. The summed E-state index contributed by atoms with van der Waals surface area (Å²) >= 11 is 0. The Kier molecular flexibility index (Phi) is 5.43. The van der Waals surface area contributed by atoms with E-state index in [2.05, 4.69) is 15.7 Å². The Bertz CT molecular complexity index is 1190. The topological polar surface area (TPSA) is 99.5 Å². The second-order valence-electron chi connectivity index (χ2n) is 7.40. The van der Waals surface area contributed by atoms with E-state index < -0.39 is 17.8 Å². The van der Waals surface area contributed by atoms with Gasteiger partial charge < -0.3 is 20.6 Å². The highest BCUT2D eigenvalue weighted by atomic mass is 19.1. The number of halogens is 1. The minimum Gasteiger partial charge on any atom is -0.394 e. The summed E-state index contributed by atoms with van der Waals surface area (Å²) in [5.74, 6) is -0.793. The number of nitrogens with zero attached hydrogens (tertiary/aromatic N) is 3. The van der Waals surface area contributed by atoms with Gasteiger partial charge in [-0.2, -0.15) is 5.10 Å². The normalized spacial score (nSPS) is 16.3. The van der Waals surface area contributed by atoms with Gasteiger partial charge in [-0.1, -0.05) is 12.1 Å². The van der Waals surface area contributed by atoms with Gasteiger partial charge in [0.15, 0.2) is 0 Å². The van der Waals surface area contributed by atoms with Gasteiger partial charge in [-0.25, -0.2) is 9.18 Å². The molecule has 0 bridgehead atoms. The quantitative estimate of drug-likeness (QED) is 0.588. The van der Waals surface area contributed by atoms with E-state index in [-0.39, 0.29) is 12.6 Å². The molecule has 1 unspecified atom stereocenters. The molecule has 2 aromatic carbocycles. The van der Waals surface area contributed by atoms with E-state index in [1.165, 1.54) is 35.4 Å². The fourth-order valence-corrected chi connectivity index (χ4v) is 3.59. The molecule has 1 aliphatic rings. The van der Waals surface area contributed by atoms with Gasteiger partial charge in [-0.05, 0) is 42.3 Å². The Hall–Kier alpha value is -3.72. The van der Waals surface area contributed by atoms with E-state index in [9.17, 15) is 19.1 Å². The largest absolute Gasteiger partial charge is 0.394 e. The van der Waals surface area contributed by atoms with Crippen LogP contribution in [-0.2, 0) is 11.3 Å². The molecule has 0 saturated heterocycles. The van der Waals surface area contributed by atoms with E-state index >= 15 is 0 Å². The second kappa shape index (κ2) is 8.19. The third-order valence-corrected chi connectivity index (χ3v) is 5.25. The standard InChI is InChI=1S/C22H22FN5O3/c1-13-9-15-11-24-28(7-8-29)19(15)10-18(13)25-21(30)17-12-27(2)22(31)26-20(17)14-3-5-16(23)6-4-14/h3-6,9-12,20,29H,7-8H2,1-2H3,(H,25,30)(H,26,31). The molecule has 0 fully saturated rings. The molecule has 3 aromatic rings. The van der Waals surface area contributed by atoms with Crippen molar-refractivity contribution in [3.63, 3.8) is 0 Å². The van der Waals surface area contributed by atoms with E-state index in [1.807, 2.05) is 19.1 Å². The molecular formula is C22H22FN5O3. The zero-order valence-corrected chi connectivity index (χ0v) is 17.1. The highest BCUT2D eigenvalue weighted by Gasteiger charge is 2.30. The first-order chi connectivity index (χ1) is 14.9. The summed E-state index contributed by atoms with van der Waals surface area (Å²) in [6.45, 7) is 2.16. The van der Waals surface area contributed by atoms with Crippen molar-refractivity contribution in [2.45, 2.75) is 19.5 Å². The molecule has 4 rings (SSSR count). The predicted octanol–water partition coefficient (Wildman–Crippen LogP) is 2.69. The predicted molar refractivity (Wildman–Crippen MR) is 114 cm³/mol. The van der Waals surface area contributed by atoms with Gasteiger partial charge in [0.2, 0.25) is 0 Å². The SMILES string of the molecule is Cc1cc2cnn(CCO)c2cc1NC(=O)C1=CN(C)C(=O)NC1c1ccc(F)cc1. The number of aliphatic hydroxyl groups is 1. The van der Waals surface area contributed by atoms with Gasteiger partial charge >= 0.3 is 6.03 Å². The van der Waals surface area contributed by atoms with Crippen molar-refractivity contribution >= 4 is 28.5 Å². The first kappa shape index (κ1) is 20.5. The average Bonchev–Trinajstić information content (AvgIpc) is 3.12. The Morgan fingerprint density at radius 1 is 1.29 bits per heavy atom. The fourth-order valence-electron chi connectivity index (χ4n) is 3.59. The number of anilines is 1. The molecular weight excluding hydrogens is 401 g/mol. The van der Waals surface area contributed by atoms with Crippen LogP contribution in [-0.4, -0.2) is 45.4 Å². The van der Waals surface area contributed by atoms with Crippen molar-refractivity contribution in [1.82, 2.24) is 20.0 Å². The summed E-state index contributed by atoms with van der Waals surface area (Å²) in [7, 11) is 1.55. The number of benzene rings is 2. The second-order valence-corrected chi connectivity index (χ2v) is 7.40. The van der Waals surface area contributed by atoms with Crippen molar-refractivity contribution in [2.75, 3.05) is 19.0 Å². The number of fused-ring (bicyclic) bond motifs is 1. The van der Waals surface area contributed by atoms with Crippen molar-refractivity contribution in [1.29, 1.82) is 0 Å². The van der Waals surface area contributed by atoms with Crippen molar-refractivity contribution in [3.8, 4) is 0 Å². The third-order valence-electron chi connectivity index (χ3n) is 5.25. The van der Waals surface area contributed by atoms with Gasteiger partial charge in [0, 0.05) is 24.3 Å². The molecule has 1 aliphatic heterocycles. The fraction of sp³-hybridized carbons (Fsp3) is 0.227. The van der Waals surface area contributed by atoms with Crippen molar-refractivity contribution in [3.05, 3.63) is 71.3 Å². The number of rotatable bonds is 5. The lowest BCUT2D eigenvalue weighted by Gasteiger charge is -2.30. The van der Waals surface area contributed by atoms with Gasteiger partial charge in [-0.15, -0.1) is 0 Å². The number of aliphatic hydroxyl groups excluding tert-OH is 1. The number of hydrogen-bond donors (Lipinski definition) is 3. The first-order valence-corrected chi connectivity index (χ1v) is 9.76. The molecule has 0 aliphatic carbocycles. The van der Waals surface area contributed by atoms with Crippen LogP contribution in [0.4, 0.5) is 14.9 Å². The zero-order valence-electron chi connectivity index (χ0n) is 17.1. The van der Waals surface area contributed by atoms with Crippen LogP contribution in [0.5, 0.6) is 0 Å². The molecule has 9 heteroatoms. The average molecular weight is 423 g/mol. The minimum atomic E-state index is -0.715. The number of nitrogens with one attached hydrogen (secondary N) is 2. The Morgan fingerprint density at radius 3 is 2.74 bits per heavy atom. The number of amides is 3. The van der Waals surface area contributed by atoms with Crippen molar-refractivity contribution in [2.24, 2.45) is 0 Å².